The van der Waals surface area contributed by atoms with Gasteiger partial charge in [-0.25, -0.2) is 4.57 Å². The summed E-state index contributed by atoms with van der Waals surface area (Å²) < 4.78 is 39.2. The second-order valence-corrected chi connectivity index (χ2v) is 17.7. The number of phosphoric acid groups is 1. The molecule has 66 heavy (non-hydrogen) atoms. The van der Waals surface area contributed by atoms with Crippen molar-refractivity contribution >= 4 is 25.7 Å². The minimum Gasteiger partial charge on any atom is -0.462 e. The van der Waals surface area contributed by atoms with Crippen LogP contribution in [0.15, 0.2) is 97.2 Å². The van der Waals surface area contributed by atoms with Gasteiger partial charge in [-0.15, -0.1) is 0 Å². The summed E-state index contributed by atoms with van der Waals surface area (Å²) in [6.45, 7) is 4.24. The summed E-state index contributed by atoms with van der Waals surface area (Å²) in [7, 11) is -4.77. The van der Waals surface area contributed by atoms with Gasteiger partial charge >= 0.3 is 25.7 Å². The van der Waals surface area contributed by atoms with E-state index in [0.29, 0.717) is 19.3 Å². The lowest BCUT2D eigenvalue weighted by Gasteiger charge is -2.21. The van der Waals surface area contributed by atoms with E-state index in [1.54, 1.807) is 0 Å². The zero-order chi connectivity index (χ0) is 48.4. The maximum absolute atomic E-state index is 12.8. The van der Waals surface area contributed by atoms with Crippen LogP contribution in [0, 0.1) is 0 Å². The Balaban J connectivity index is 4.83. The van der Waals surface area contributed by atoms with Gasteiger partial charge in [0.15, 0.2) is 6.10 Å². The van der Waals surface area contributed by atoms with Gasteiger partial charge in [0.05, 0.1) is 19.8 Å². The molecule has 0 aliphatic heterocycles. The highest BCUT2D eigenvalue weighted by Gasteiger charge is 2.28. The van der Waals surface area contributed by atoms with E-state index in [4.69, 9.17) is 23.3 Å². The molecule has 0 aliphatic carbocycles. The monoisotopic (exact) mass is 945 g/mol. The zero-order valence-corrected chi connectivity index (χ0v) is 42.0. The number of aliphatic hydroxyl groups excluding tert-OH is 1. The number of carbonyl (C=O) groups is 3. The van der Waals surface area contributed by atoms with Crippen molar-refractivity contribution in [1.29, 1.82) is 0 Å². The zero-order valence-electron chi connectivity index (χ0n) is 41.1. The van der Waals surface area contributed by atoms with Crippen molar-refractivity contribution < 1.29 is 52.2 Å². The number of unbranched alkanes of at least 4 members (excludes halogenated alkanes) is 12. The Labute approximate surface area is 400 Å². The predicted molar refractivity (Wildman–Crippen MR) is 270 cm³/mol. The normalized spacial score (nSPS) is 14.3. The molecule has 0 rings (SSSR count). The molecule has 0 amide bonds. The molecule has 0 fully saturated rings. The molecule has 0 aromatic carbocycles. The summed E-state index contributed by atoms with van der Waals surface area (Å²) in [5.74, 6) is -1.59. The van der Waals surface area contributed by atoms with Gasteiger partial charge in [0, 0.05) is 19.3 Å². The van der Waals surface area contributed by atoms with Gasteiger partial charge in [-0.2, -0.15) is 0 Å². The van der Waals surface area contributed by atoms with Crippen molar-refractivity contribution in [1.82, 2.24) is 0 Å². The SMILES string of the molecule is CC/C=C\C/C=C\C/C=C\C/C=C\CCCCCCC(=O)OC(COC(=O)CCCCCCCCCCC)COP(=O)(O)OCC(CO)OC(=O)CC/C=C\C/C=C\C/C=C\C/C=C\CC. The number of hydrogen-bond acceptors (Lipinski definition) is 10. The Morgan fingerprint density at radius 1 is 0.439 bits per heavy atom. The van der Waals surface area contributed by atoms with Crippen LogP contribution >= 0.6 is 7.82 Å². The molecule has 11 nitrogen and oxygen atoms in total. The molecule has 0 bridgehead atoms. The van der Waals surface area contributed by atoms with Crippen LogP contribution in [0.1, 0.15) is 188 Å². The molecule has 12 heteroatoms. The number of aliphatic hydroxyl groups is 1. The van der Waals surface area contributed by atoms with E-state index >= 15 is 0 Å². The fraction of sp³-hybridized carbons (Fsp3) is 0.648. The molecular weight excluding hydrogens is 856 g/mol. The number of phosphoric ester groups is 1. The van der Waals surface area contributed by atoms with E-state index in [2.05, 4.69) is 99.8 Å². The van der Waals surface area contributed by atoms with E-state index < -0.39 is 57.8 Å². The number of rotatable bonds is 45. The average Bonchev–Trinajstić information content (AvgIpc) is 3.30. The maximum atomic E-state index is 12.8. The maximum Gasteiger partial charge on any atom is 0.472 e. The molecular formula is C54H89O11P. The van der Waals surface area contributed by atoms with Crippen LogP contribution in [0.5, 0.6) is 0 Å². The van der Waals surface area contributed by atoms with Crippen LogP contribution in [0.3, 0.4) is 0 Å². The predicted octanol–water partition coefficient (Wildman–Crippen LogP) is 14.1. The van der Waals surface area contributed by atoms with Crippen molar-refractivity contribution in [3.8, 4) is 0 Å². The van der Waals surface area contributed by atoms with E-state index in [-0.39, 0.29) is 25.9 Å². The highest BCUT2D eigenvalue weighted by Crippen LogP contribution is 2.43. The Kier molecular flexibility index (Phi) is 45.3. The quantitative estimate of drug-likeness (QED) is 0.0197. The van der Waals surface area contributed by atoms with E-state index in [1.807, 2.05) is 18.2 Å². The van der Waals surface area contributed by atoms with Crippen molar-refractivity contribution in [3.63, 3.8) is 0 Å². The Hall–Kier alpha value is -3.60. The van der Waals surface area contributed by atoms with Crippen LogP contribution in [-0.4, -0.2) is 66.5 Å². The molecule has 0 aliphatic rings. The third-order valence-corrected chi connectivity index (χ3v) is 11.0. The first kappa shape index (κ1) is 62.4. The number of ether oxygens (including phenoxy) is 3. The van der Waals surface area contributed by atoms with Crippen molar-refractivity contribution in [3.05, 3.63) is 97.2 Å². The molecule has 0 aromatic heterocycles. The standard InChI is InChI=1S/C54H89O11P/c1-4-7-10-13-16-19-21-23-24-25-26-28-30-33-36-39-42-45-54(58)65-51(47-61-52(56)43-40-37-34-31-18-15-12-9-6-3)49-63-66(59,60)62-48-50(46-55)64-53(57)44-41-38-35-32-29-27-22-20-17-14-11-8-5-2/h7-8,10-11,16-17,19-20,23-24,26-29,35,38,50-51,55H,4-6,9,12-15,18,21-22,25,30-34,36-37,39-49H2,1-3H3,(H,59,60)/b10-7-,11-8-,19-16-,20-17-,24-23-,28-26-,29-27-,38-35-. The van der Waals surface area contributed by atoms with Crippen molar-refractivity contribution in [2.24, 2.45) is 0 Å². The molecule has 376 valence electrons. The lowest BCUT2D eigenvalue weighted by atomic mass is 10.1. The molecule has 0 saturated heterocycles. The van der Waals surface area contributed by atoms with Crippen molar-refractivity contribution in [2.75, 3.05) is 26.4 Å². The van der Waals surface area contributed by atoms with Crippen LogP contribution in [0.4, 0.5) is 0 Å². The first-order valence-electron chi connectivity index (χ1n) is 25.1. The van der Waals surface area contributed by atoms with E-state index in [0.717, 1.165) is 96.3 Å². The van der Waals surface area contributed by atoms with E-state index in [9.17, 15) is 28.9 Å². The van der Waals surface area contributed by atoms with Crippen LogP contribution in [0.2, 0.25) is 0 Å². The highest BCUT2D eigenvalue weighted by molar-refractivity contribution is 7.47. The minimum absolute atomic E-state index is 0.0505. The number of esters is 3. The molecule has 0 radical (unpaired) electrons. The molecule has 0 spiro atoms. The molecule has 0 heterocycles. The summed E-state index contributed by atoms with van der Waals surface area (Å²) >= 11 is 0. The fourth-order valence-electron chi connectivity index (χ4n) is 6.24. The number of hydrogen-bond donors (Lipinski definition) is 2. The Morgan fingerprint density at radius 3 is 1.30 bits per heavy atom. The second kappa shape index (κ2) is 47.9. The first-order valence-corrected chi connectivity index (χ1v) is 26.6. The Bertz CT molecular complexity index is 1480. The van der Waals surface area contributed by atoms with Gasteiger partial charge in [0.1, 0.15) is 12.7 Å². The molecule has 0 aromatic rings. The molecule has 3 unspecified atom stereocenters. The van der Waals surface area contributed by atoms with Gasteiger partial charge in [0.2, 0.25) is 0 Å². The molecule has 0 saturated carbocycles. The van der Waals surface area contributed by atoms with Crippen LogP contribution in [-0.2, 0) is 42.2 Å². The van der Waals surface area contributed by atoms with Gasteiger partial charge in [-0.3, -0.25) is 23.4 Å². The lowest BCUT2D eigenvalue weighted by molar-refractivity contribution is -0.161. The fourth-order valence-corrected chi connectivity index (χ4v) is 7.03. The summed E-state index contributed by atoms with van der Waals surface area (Å²) in [6, 6.07) is 0. The van der Waals surface area contributed by atoms with Gasteiger partial charge in [-0.1, -0.05) is 182 Å². The molecule has 3 atom stereocenters. The number of allylic oxidation sites excluding steroid dienone is 16. The third kappa shape index (κ3) is 45.6. The summed E-state index contributed by atoms with van der Waals surface area (Å²) in [4.78, 5) is 48.1. The summed E-state index contributed by atoms with van der Waals surface area (Å²) in [6.07, 6.45) is 54.1. The lowest BCUT2D eigenvalue weighted by Crippen LogP contribution is -2.30. The van der Waals surface area contributed by atoms with Gasteiger partial charge < -0.3 is 24.2 Å². The topological polar surface area (TPSA) is 155 Å². The van der Waals surface area contributed by atoms with Gasteiger partial charge in [-0.05, 0) is 83.5 Å². The van der Waals surface area contributed by atoms with Crippen LogP contribution in [0.25, 0.3) is 0 Å². The van der Waals surface area contributed by atoms with Crippen LogP contribution < -0.4 is 0 Å². The highest BCUT2D eigenvalue weighted by atomic mass is 31.2. The van der Waals surface area contributed by atoms with Gasteiger partial charge in [0.25, 0.3) is 0 Å². The summed E-state index contributed by atoms with van der Waals surface area (Å²) in [5, 5.41) is 9.74. The smallest absolute Gasteiger partial charge is 0.462 e. The first-order chi connectivity index (χ1) is 32.2. The summed E-state index contributed by atoms with van der Waals surface area (Å²) in [5.41, 5.74) is 0. The largest absolute Gasteiger partial charge is 0.472 e. The Morgan fingerprint density at radius 2 is 0.818 bits per heavy atom. The average molecular weight is 945 g/mol. The molecule has 2 N–H and O–H groups in total. The minimum atomic E-state index is -4.77. The second-order valence-electron chi connectivity index (χ2n) is 16.2. The third-order valence-electron chi connectivity index (χ3n) is 10.0. The van der Waals surface area contributed by atoms with E-state index in [1.165, 1.54) is 32.1 Å². The number of carbonyl (C=O) groups excluding carboxylic acids is 3. The van der Waals surface area contributed by atoms with Crippen molar-refractivity contribution in [2.45, 2.75) is 200 Å².